The Morgan fingerprint density at radius 1 is 1.00 bits per heavy atom. The van der Waals surface area contributed by atoms with Gasteiger partial charge in [0.1, 0.15) is 5.60 Å². The molecular weight excluding hydrogens is 310 g/mol. The van der Waals surface area contributed by atoms with Crippen molar-refractivity contribution in [2.24, 2.45) is 0 Å². The molecule has 3 aromatic carbocycles. The van der Waals surface area contributed by atoms with E-state index < -0.39 is 11.7 Å². The number of ether oxygens (including phenoxy) is 1. The molecule has 0 saturated carbocycles. The first kappa shape index (κ1) is 16.9. The largest absolute Gasteiger partial charge is 0.444 e. The summed E-state index contributed by atoms with van der Waals surface area (Å²) in [6, 6.07) is 18.6. The van der Waals surface area contributed by atoms with E-state index in [0.717, 1.165) is 16.3 Å². The van der Waals surface area contributed by atoms with E-state index in [9.17, 15) is 4.79 Å². The molecule has 0 aliphatic carbocycles. The van der Waals surface area contributed by atoms with Crippen LogP contribution in [0, 0.1) is 11.8 Å². The zero-order valence-corrected chi connectivity index (χ0v) is 14.7. The quantitative estimate of drug-likeness (QED) is 0.510. The van der Waals surface area contributed by atoms with E-state index in [1.165, 1.54) is 10.8 Å². The van der Waals surface area contributed by atoms with Crippen LogP contribution in [-0.4, -0.2) is 18.2 Å². The van der Waals surface area contributed by atoms with E-state index in [4.69, 9.17) is 4.74 Å². The molecule has 3 heteroatoms. The first-order valence-electron chi connectivity index (χ1n) is 8.30. The third-order valence-corrected chi connectivity index (χ3v) is 3.71. The van der Waals surface area contributed by atoms with Crippen LogP contribution in [0.5, 0.6) is 0 Å². The lowest BCUT2D eigenvalue weighted by atomic mass is 9.97. The van der Waals surface area contributed by atoms with E-state index >= 15 is 0 Å². The summed E-state index contributed by atoms with van der Waals surface area (Å²) in [6.45, 7) is 5.74. The van der Waals surface area contributed by atoms with Crippen LogP contribution in [0.15, 0.2) is 54.6 Å². The van der Waals surface area contributed by atoms with Crippen LogP contribution >= 0.6 is 0 Å². The van der Waals surface area contributed by atoms with Crippen LogP contribution in [-0.2, 0) is 4.74 Å². The summed E-state index contributed by atoms with van der Waals surface area (Å²) in [4.78, 5) is 11.7. The van der Waals surface area contributed by atoms with E-state index in [-0.39, 0.29) is 6.54 Å². The minimum atomic E-state index is -0.508. The van der Waals surface area contributed by atoms with Crippen LogP contribution in [0.1, 0.15) is 26.3 Å². The fraction of sp³-hybridized carbons (Fsp3) is 0.227. The molecule has 3 aromatic rings. The number of fused-ring (bicyclic) bond motifs is 3. The monoisotopic (exact) mass is 331 g/mol. The summed E-state index contributed by atoms with van der Waals surface area (Å²) in [6.07, 6.45) is -0.454. The Balaban J connectivity index is 1.86. The average Bonchev–Trinajstić information content (AvgIpc) is 2.57. The molecule has 126 valence electrons. The Morgan fingerprint density at radius 3 is 2.36 bits per heavy atom. The van der Waals surface area contributed by atoms with Gasteiger partial charge in [-0.1, -0.05) is 60.4 Å². The number of benzene rings is 3. The number of carbonyl (C=O) groups is 1. The molecule has 3 rings (SSSR count). The lowest BCUT2D eigenvalue weighted by molar-refractivity contribution is 0.0535. The Kier molecular flexibility index (Phi) is 4.63. The van der Waals surface area contributed by atoms with Crippen molar-refractivity contribution in [3.8, 4) is 11.8 Å². The third-order valence-electron chi connectivity index (χ3n) is 3.71. The second-order valence-electron chi connectivity index (χ2n) is 6.85. The fourth-order valence-electron chi connectivity index (χ4n) is 2.73. The van der Waals surface area contributed by atoms with Crippen LogP contribution in [0.2, 0.25) is 0 Å². The number of alkyl carbamates (subject to hydrolysis) is 1. The minimum Gasteiger partial charge on any atom is -0.444 e. The highest BCUT2D eigenvalue weighted by atomic mass is 16.6. The maximum absolute atomic E-state index is 11.7. The first-order chi connectivity index (χ1) is 11.9. The molecule has 25 heavy (non-hydrogen) atoms. The summed E-state index contributed by atoms with van der Waals surface area (Å²) in [5.41, 5.74) is 0.451. The van der Waals surface area contributed by atoms with Crippen molar-refractivity contribution in [3.05, 3.63) is 60.2 Å². The van der Waals surface area contributed by atoms with Crippen molar-refractivity contribution in [1.29, 1.82) is 0 Å². The maximum atomic E-state index is 11.7. The fourth-order valence-corrected chi connectivity index (χ4v) is 2.73. The van der Waals surface area contributed by atoms with Gasteiger partial charge in [-0.3, -0.25) is 0 Å². The molecule has 0 unspecified atom stereocenters. The molecule has 0 bridgehead atoms. The van der Waals surface area contributed by atoms with Crippen LogP contribution in [0.3, 0.4) is 0 Å². The number of carbonyl (C=O) groups excluding carboxylic acids is 1. The van der Waals surface area contributed by atoms with Gasteiger partial charge in [-0.05, 0) is 48.4 Å². The van der Waals surface area contributed by atoms with Gasteiger partial charge >= 0.3 is 6.09 Å². The zero-order valence-electron chi connectivity index (χ0n) is 14.7. The molecule has 0 fully saturated rings. The first-order valence-corrected chi connectivity index (χ1v) is 8.30. The summed E-state index contributed by atoms with van der Waals surface area (Å²) in [5.74, 6) is 6.19. The lowest BCUT2D eigenvalue weighted by Gasteiger charge is -2.19. The van der Waals surface area contributed by atoms with Gasteiger partial charge in [-0.2, -0.15) is 0 Å². The van der Waals surface area contributed by atoms with Gasteiger partial charge in [0.05, 0.1) is 6.54 Å². The van der Waals surface area contributed by atoms with Crippen molar-refractivity contribution in [2.45, 2.75) is 26.4 Å². The Hall–Kier alpha value is -2.99. The predicted octanol–water partition coefficient (Wildman–Crippen LogP) is 4.87. The summed E-state index contributed by atoms with van der Waals surface area (Å²) in [7, 11) is 0. The van der Waals surface area contributed by atoms with E-state index in [2.05, 4.69) is 47.5 Å². The van der Waals surface area contributed by atoms with E-state index in [1.807, 2.05) is 45.0 Å². The van der Waals surface area contributed by atoms with Crippen molar-refractivity contribution < 1.29 is 9.53 Å². The maximum Gasteiger partial charge on any atom is 0.408 e. The Labute approximate surface area is 148 Å². The van der Waals surface area contributed by atoms with Crippen LogP contribution in [0.4, 0.5) is 4.79 Å². The van der Waals surface area contributed by atoms with Gasteiger partial charge in [0.25, 0.3) is 0 Å². The van der Waals surface area contributed by atoms with Crippen molar-refractivity contribution >= 4 is 27.6 Å². The Bertz CT molecular complexity index is 987. The summed E-state index contributed by atoms with van der Waals surface area (Å²) < 4.78 is 5.20. The van der Waals surface area contributed by atoms with Crippen molar-refractivity contribution in [2.75, 3.05) is 6.54 Å². The molecule has 0 spiro atoms. The SMILES string of the molecule is CC(C)(C)OC(=O)NCC#Cc1cc2ccccc2c2ccccc12. The number of nitrogens with one attached hydrogen (secondary N) is 1. The molecule has 0 aromatic heterocycles. The van der Waals surface area contributed by atoms with Gasteiger partial charge < -0.3 is 10.1 Å². The highest BCUT2D eigenvalue weighted by Gasteiger charge is 2.15. The molecule has 0 atom stereocenters. The van der Waals surface area contributed by atoms with Gasteiger partial charge in [0.15, 0.2) is 0 Å². The highest BCUT2D eigenvalue weighted by molar-refractivity contribution is 6.09. The number of hydrogen-bond donors (Lipinski definition) is 1. The predicted molar refractivity (Wildman–Crippen MR) is 103 cm³/mol. The van der Waals surface area contributed by atoms with Gasteiger partial charge in [0.2, 0.25) is 0 Å². The smallest absolute Gasteiger partial charge is 0.408 e. The standard InChI is InChI=1S/C22H21NO2/c1-22(2,3)25-21(24)23-14-8-10-17-15-16-9-4-5-11-18(16)20-13-7-6-12-19(17)20/h4-7,9,11-13,15H,14H2,1-3H3,(H,23,24). The molecular formula is C22H21NO2. The molecule has 0 heterocycles. The topological polar surface area (TPSA) is 38.3 Å². The lowest BCUT2D eigenvalue weighted by Crippen LogP contribution is -2.32. The highest BCUT2D eigenvalue weighted by Crippen LogP contribution is 2.28. The number of rotatable bonds is 1. The van der Waals surface area contributed by atoms with Gasteiger partial charge in [0, 0.05) is 5.56 Å². The van der Waals surface area contributed by atoms with Crippen molar-refractivity contribution in [3.63, 3.8) is 0 Å². The van der Waals surface area contributed by atoms with Crippen LogP contribution in [0.25, 0.3) is 21.5 Å². The Morgan fingerprint density at radius 2 is 1.64 bits per heavy atom. The average molecular weight is 331 g/mol. The molecule has 3 nitrogen and oxygen atoms in total. The zero-order chi connectivity index (χ0) is 17.9. The van der Waals surface area contributed by atoms with Crippen LogP contribution < -0.4 is 5.32 Å². The second kappa shape index (κ2) is 6.86. The normalized spacial score (nSPS) is 11.0. The number of hydrogen-bond acceptors (Lipinski definition) is 2. The number of amides is 1. The molecule has 0 radical (unpaired) electrons. The van der Waals surface area contributed by atoms with Gasteiger partial charge in [-0.15, -0.1) is 0 Å². The van der Waals surface area contributed by atoms with E-state index in [0.29, 0.717) is 0 Å². The molecule has 1 amide bonds. The minimum absolute atomic E-state index is 0.246. The third kappa shape index (κ3) is 4.10. The van der Waals surface area contributed by atoms with Crippen molar-refractivity contribution in [1.82, 2.24) is 5.32 Å². The molecule has 1 N–H and O–H groups in total. The van der Waals surface area contributed by atoms with Gasteiger partial charge in [-0.25, -0.2) is 4.79 Å². The molecule has 0 aliphatic rings. The summed E-state index contributed by atoms with van der Waals surface area (Å²) in [5, 5.41) is 7.34. The summed E-state index contributed by atoms with van der Waals surface area (Å²) >= 11 is 0. The second-order valence-corrected chi connectivity index (χ2v) is 6.85. The van der Waals surface area contributed by atoms with E-state index in [1.54, 1.807) is 0 Å². The molecule has 0 aliphatic heterocycles. The molecule has 0 saturated heterocycles.